The normalized spacial score (nSPS) is 10.7. The molecule has 0 aromatic heterocycles. The van der Waals surface area contributed by atoms with Crippen molar-refractivity contribution in [3.05, 3.63) is 71.3 Å². The summed E-state index contributed by atoms with van der Waals surface area (Å²) < 4.78 is 0. The number of amides is 1. The minimum Gasteiger partial charge on any atom is -0.351 e. The molecule has 0 spiro atoms. The van der Waals surface area contributed by atoms with Crippen LogP contribution in [0.25, 0.3) is 0 Å². The molecule has 0 bridgehead atoms. The molecule has 4 heteroatoms. The molecule has 0 heterocycles. The molecule has 0 aliphatic rings. The third-order valence-corrected chi connectivity index (χ3v) is 4.43. The van der Waals surface area contributed by atoms with Gasteiger partial charge in [0.1, 0.15) is 0 Å². The van der Waals surface area contributed by atoms with Gasteiger partial charge in [-0.1, -0.05) is 54.6 Å². The van der Waals surface area contributed by atoms with Gasteiger partial charge in [0.2, 0.25) is 5.91 Å². The van der Waals surface area contributed by atoms with Crippen LogP contribution in [0.15, 0.2) is 54.6 Å². The highest BCUT2D eigenvalue weighted by Crippen LogP contribution is 2.12. The zero-order valence-electron chi connectivity index (χ0n) is 13.8. The standard InChI is InChI=1S/C19H24N2OS/c1-21(2)13-18-11-7-6-10-17(18)12-20-19(22)15-23-14-16-8-4-3-5-9-16/h3-11H,12-15H2,1-2H3,(H,20,22). The number of carbonyl (C=O) groups excluding carboxylic acids is 1. The topological polar surface area (TPSA) is 32.3 Å². The van der Waals surface area contributed by atoms with Crippen molar-refractivity contribution in [2.75, 3.05) is 19.8 Å². The summed E-state index contributed by atoms with van der Waals surface area (Å²) >= 11 is 1.64. The highest BCUT2D eigenvalue weighted by Gasteiger charge is 2.06. The van der Waals surface area contributed by atoms with Gasteiger partial charge in [0.15, 0.2) is 0 Å². The lowest BCUT2D eigenvalue weighted by molar-refractivity contribution is -0.118. The Balaban J connectivity index is 1.76. The fraction of sp³-hybridized carbons (Fsp3) is 0.316. The van der Waals surface area contributed by atoms with Gasteiger partial charge in [-0.15, -0.1) is 11.8 Å². The summed E-state index contributed by atoms with van der Waals surface area (Å²) in [5.41, 5.74) is 3.69. The molecule has 0 fully saturated rings. The molecule has 0 aliphatic heterocycles. The molecule has 2 aromatic carbocycles. The van der Waals surface area contributed by atoms with E-state index in [0.29, 0.717) is 12.3 Å². The third-order valence-electron chi connectivity index (χ3n) is 3.43. The van der Waals surface area contributed by atoms with Crippen LogP contribution in [0, 0.1) is 0 Å². The summed E-state index contributed by atoms with van der Waals surface area (Å²) in [6.45, 7) is 1.48. The van der Waals surface area contributed by atoms with E-state index in [1.807, 2.05) is 30.3 Å². The predicted octanol–water partition coefficient (Wildman–Crippen LogP) is 3.30. The van der Waals surface area contributed by atoms with Gasteiger partial charge in [0.25, 0.3) is 0 Å². The van der Waals surface area contributed by atoms with Crippen LogP contribution in [0.5, 0.6) is 0 Å². The van der Waals surface area contributed by atoms with E-state index in [2.05, 4.69) is 48.6 Å². The number of hydrogen-bond acceptors (Lipinski definition) is 3. The van der Waals surface area contributed by atoms with Crippen molar-refractivity contribution in [1.29, 1.82) is 0 Å². The highest BCUT2D eigenvalue weighted by atomic mass is 32.2. The second kappa shape index (κ2) is 9.38. The molecule has 0 unspecified atom stereocenters. The molecule has 1 amide bonds. The van der Waals surface area contributed by atoms with Crippen LogP contribution < -0.4 is 5.32 Å². The van der Waals surface area contributed by atoms with Gasteiger partial charge in [0, 0.05) is 18.8 Å². The first-order valence-electron chi connectivity index (χ1n) is 7.75. The first kappa shape index (κ1) is 17.6. The molecule has 0 radical (unpaired) electrons. The van der Waals surface area contributed by atoms with Gasteiger partial charge >= 0.3 is 0 Å². The van der Waals surface area contributed by atoms with E-state index < -0.39 is 0 Å². The Labute approximate surface area is 143 Å². The summed E-state index contributed by atoms with van der Waals surface area (Å²) in [6, 6.07) is 18.5. The number of thioether (sulfide) groups is 1. The molecule has 3 nitrogen and oxygen atoms in total. The summed E-state index contributed by atoms with van der Waals surface area (Å²) in [4.78, 5) is 14.1. The summed E-state index contributed by atoms with van der Waals surface area (Å²) in [6.07, 6.45) is 0. The second-order valence-corrected chi connectivity index (χ2v) is 6.75. The Morgan fingerprint density at radius 1 is 1.00 bits per heavy atom. The second-order valence-electron chi connectivity index (χ2n) is 5.76. The summed E-state index contributed by atoms with van der Waals surface area (Å²) in [5.74, 6) is 1.45. The average molecular weight is 328 g/mol. The Morgan fingerprint density at radius 2 is 1.65 bits per heavy atom. The molecule has 2 rings (SSSR count). The lowest BCUT2D eigenvalue weighted by Crippen LogP contribution is -2.25. The molecule has 1 N–H and O–H groups in total. The molecule has 2 aromatic rings. The van der Waals surface area contributed by atoms with Crippen LogP contribution in [-0.4, -0.2) is 30.7 Å². The molecule has 0 atom stereocenters. The van der Waals surface area contributed by atoms with Crippen LogP contribution in [0.1, 0.15) is 16.7 Å². The van der Waals surface area contributed by atoms with Gasteiger partial charge in [0.05, 0.1) is 5.75 Å². The van der Waals surface area contributed by atoms with E-state index >= 15 is 0 Å². The van der Waals surface area contributed by atoms with Gasteiger partial charge in [-0.05, 0) is 30.8 Å². The van der Waals surface area contributed by atoms with Gasteiger partial charge in [-0.25, -0.2) is 0 Å². The molecule has 122 valence electrons. The quantitative estimate of drug-likeness (QED) is 0.807. The maximum Gasteiger partial charge on any atom is 0.230 e. The van der Waals surface area contributed by atoms with Crippen LogP contribution >= 0.6 is 11.8 Å². The largest absolute Gasteiger partial charge is 0.351 e. The molecule has 23 heavy (non-hydrogen) atoms. The van der Waals surface area contributed by atoms with Crippen molar-refractivity contribution in [1.82, 2.24) is 10.2 Å². The lowest BCUT2D eigenvalue weighted by Gasteiger charge is -2.14. The number of nitrogens with one attached hydrogen (secondary N) is 1. The Hall–Kier alpha value is -1.78. The Bertz CT molecular complexity index is 614. The number of rotatable bonds is 8. The van der Waals surface area contributed by atoms with Crippen LogP contribution in [0.4, 0.5) is 0 Å². The number of hydrogen-bond donors (Lipinski definition) is 1. The zero-order chi connectivity index (χ0) is 16.5. The Kier molecular flexibility index (Phi) is 7.17. The molecule has 0 saturated carbocycles. The highest BCUT2D eigenvalue weighted by molar-refractivity contribution is 7.99. The average Bonchev–Trinajstić information content (AvgIpc) is 2.54. The minimum absolute atomic E-state index is 0.0885. The van der Waals surface area contributed by atoms with Crippen molar-refractivity contribution >= 4 is 17.7 Å². The van der Waals surface area contributed by atoms with Crippen molar-refractivity contribution < 1.29 is 4.79 Å². The van der Waals surface area contributed by atoms with E-state index in [4.69, 9.17) is 0 Å². The van der Waals surface area contributed by atoms with Crippen LogP contribution in [0.3, 0.4) is 0 Å². The smallest absolute Gasteiger partial charge is 0.230 e. The van der Waals surface area contributed by atoms with Crippen molar-refractivity contribution in [3.63, 3.8) is 0 Å². The maximum atomic E-state index is 12.0. The van der Waals surface area contributed by atoms with Crippen LogP contribution in [-0.2, 0) is 23.6 Å². The van der Waals surface area contributed by atoms with Gasteiger partial charge < -0.3 is 10.2 Å². The first-order valence-corrected chi connectivity index (χ1v) is 8.90. The van der Waals surface area contributed by atoms with Crippen molar-refractivity contribution in [3.8, 4) is 0 Å². The van der Waals surface area contributed by atoms with Crippen molar-refractivity contribution in [2.24, 2.45) is 0 Å². The number of benzene rings is 2. The molecular formula is C19H24N2OS. The SMILES string of the molecule is CN(C)Cc1ccccc1CNC(=O)CSCc1ccccc1. The maximum absolute atomic E-state index is 12.0. The monoisotopic (exact) mass is 328 g/mol. The third kappa shape index (κ3) is 6.47. The summed E-state index contributed by atoms with van der Waals surface area (Å²) in [7, 11) is 4.10. The minimum atomic E-state index is 0.0885. The lowest BCUT2D eigenvalue weighted by atomic mass is 10.1. The van der Waals surface area contributed by atoms with Gasteiger partial charge in [-0.2, -0.15) is 0 Å². The molecule has 0 saturated heterocycles. The number of nitrogens with zero attached hydrogens (tertiary/aromatic N) is 1. The predicted molar refractivity (Wildman–Crippen MR) is 98.3 cm³/mol. The van der Waals surface area contributed by atoms with E-state index in [9.17, 15) is 4.79 Å². The van der Waals surface area contributed by atoms with E-state index in [-0.39, 0.29) is 5.91 Å². The van der Waals surface area contributed by atoms with Gasteiger partial charge in [-0.3, -0.25) is 4.79 Å². The van der Waals surface area contributed by atoms with E-state index in [1.54, 1.807) is 11.8 Å². The van der Waals surface area contributed by atoms with Crippen molar-refractivity contribution in [2.45, 2.75) is 18.8 Å². The van der Waals surface area contributed by atoms with E-state index in [0.717, 1.165) is 12.3 Å². The molecular weight excluding hydrogens is 304 g/mol. The molecule has 0 aliphatic carbocycles. The van der Waals surface area contributed by atoms with E-state index in [1.165, 1.54) is 16.7 Å². The fourth-order valence-corrected chi connectivity index (χ4v) is 3.12. The first-order chi connectivity index (χ1) is 11.1. The number of carbonyl (C=O) groups is 1. The summed E-state index contributed by atoms with van der Waals surface area (Å²) in [5, 5.41) is 3.02. The fourth-order valence-electron chi connectivity index (χ4n) is 2.31. The zero-order valence-corrected chi connectivity index (χ0v) is 14.6. The Morgan fingerprint density at radius 3 is 2.35 bits per heavy atom. The van der Waals surface area contributed by atoms with Crippen LogP contribution in [0.2, 0.25) is 0 Å².